The van der Waals surface area contributed by atoms with Gasteiger partial charge in [0.1, 0.15) is 11.6 Å². The molecule has 0 aromatic carbocycles. The summed E-state index contributed by atoms with van der Waals surface area (Å²) >= 11 is 0. The zero-order valence-corrected chi connectivity index (χ0v) is 16.0. The highest BCUT2D eigenvalue weighted by atomic mass is 15.3. The second-order valence-electron chi connectivity index (χ2n) is 7.51. The quantitative estimate of drug-likeness (QED) is 0.864. The highest BCUT2D eigenvalue weighted by Gasteiger charge is 2.24. The number of hydrogen-bond acceptors (Lipinski definition) is 5. The van der Waals surface area contributed by atoms with Crippen LogP contribution in [-0.2, 0) is 25.9 Å². The van der Waals surface area contributed by atoms with Crippen molar-refractivity contribution < 1.29 is 0 Å². The lowest BCUT2D eigenvalue weighted by Crippen LogP contribution is -2.16. The van der Waals surface area contributed by atoms with Crippen LogP contribution in [-0.4, -0.2) is 32.8 Å². The van der Waals surface area contributed by atoms with Gasteiger partial charge < -0.3 is 10.6 Å². The molecule has 6 nitrogen and oxygen atoms in total. The van der Waals surface area contributed by atoms with Gasteiger partial charge >= 0.3 is 0 Å². The highest BCUT2D eigenvalue weighted by molar-refractivity contribution is 5.48. The predicted molar refractivity (Wildman–Crippen MR) is 103 cm³/mol. The molecule has 1 aliphatic carbocycles. The molecule has 0 atom stereocenters. The minimum atomic E-state index is 0.543. The minimum absolute atomic E-state index is 0.543. The number of nitrogens with one attached hydrogen (secondary N) is 2. The molecule has 2 N–H and O–H groups in total. The van der Waals surface area contributed by atoms with Crippen LogP contribution in [0.4, 0.5) is 5.82 Å². The van der Waals surface area contributed by atoms with Crippen molar-refractivity contribution in [2.75, 3.05) is 18.4 Å². The Morgan fingerprint density at radius 3 is 2.77 bits per heavy atom. The molecule has 3 heterocycles. The van der Waals surface area contributed by atoms with E-state index in [0.29, 0.717) is 5.92 Å². The van der Waals surface area contributed by atoms with E-state index in [1.54, 1.807) is 0 Å². The van der Waals surface area contributed by atoms with Crippen LogP contribution < -0.4 is 10.6 Å². The van der Waals surface area contributed by atoms with Gasteiger partial charge in [-0.1, -0.05) is 12.8 Å². The Morgan fingerprint density at radius 2 is 2.00 bits per heavy atom. The molecule has 140 valence electrons. The molecule has 6 heteroatoms. The number of aromatic nitrogens is 4. The fourth-order valence-electron chi connectivity index (χ4n) is 4.23. The van der Waals surface area contributed by atoms with Gasteiger partial charge in [-0.2, -0.15) is 5.10 Å². The van der Waals surface area contributed by atoms with E-state index < -0.39 is 0 Å². The van der Waals surface area contributed by atoms with Crippen LogP contribution >= 0.6 is 0 Å². The van der Waals surface area contributed by atoms with E-state index in [1.165, 1.54) is 48.2 Å². The van der Waals surface area contributed by atoms with Crippen LogP contribution in [0.3, 0.4) is 0 Å². The molecule has 2 aliphatic rings. The first-order chi connectivity index (χ1) is 12.8. The van der Waals surface area contributed by atoms with Gasteiger partial charge in [-0.15, -0.1) is 0 Å². The van der Waals surface area contributed by atoms with Crippen molar-refractivity contribution in [3.63, 3.8) is 0 Å². The Labute approximate surface area is 155 Å². The van der Waals surface area contributed by atoms with E-state index in [-0.39, 0.29) is 0 Å². The topological polar surface area (TPSA) is 67.7 Å². The van der Waals surface area contributed by atoms with Crippen LogP contribution in [0.5, 0.6) is 0 Å². The molecule has 0 spiro atoms. The van der Waals surface area contributed by atoms with Crippen molar-refractivity contribution >= 4 is 5.82 Å². The normalized spacial score (nSPS) is 17.9. The Balaban J connectivity index is 1.62. The molecular formula is C20H30N6. The molecule has 1 aliphatic heterocycles. The summed E-state index contributed by atoms with van der Waals surface area (Å²) in [7, 11) is 0. The number of nitrogens with zero attached hydrogens (tertiary/aromatic N) is 4. The van der Waals surface area contributed by atoms with Crippen LogP contribution in [0, 0.1) is 6.92 Å². The standard InChI is InChI=1S/C20H30N6/c1-3-26-14(2)16(13-23-26)12-22-20-17-8-10-21-11-9-18(17)24-19(25-20)15-6-4-5-7-15/h13,15,21H,3-12H2,1-2H3,(H,22,24,25). The predicted octanol–water partition coefficient (Wildman–Crippen LogP) is 2.96. The van der Waals surface area contributed by atoms with Crippen molar-refractivity contribution in [2.24, 2.45) is 0 Å². The zero-order chi connectivity index (χ0) is 17.9. The third-order valence-electron chi connectivity index (χ3n) is 5.87. The molecule has 0 bridgehead atoms. The molecule has 0 radical (unpaired) electrons. The summed E-state index contributed by atoms with van der Waals surface area (Å²) in [6, 6.07) is 0. The SMILES string of the molecule is CCn1ncc(CNc2nc(C3CCCC3)nc3c2CCNCC3)c1C. The lowest BCUT2D eigenvalue weighted by molar-refractivity contribution is 0.638. The summed E-state index contributed by atoms with van der Waals surface area (Å²) in [5, 5.41) is 11.6. The van der Waals surface area contributed by atoms with Crippen molar-refractivity contribution in [3.05, 3.63) is 34.5 Å². The lowest BCUT2D eigenvalue weighted by atomic mass is 10.0. The highest BCUT2D eigenvalue weighted by Crippen LogP contribution is 2.34. The smallest absolute Gasteiger partial charge is 0.134 e. The third-order valence-corrected chi connectivity index (χ3v) is 5.87. The average Bonchev–Trinajstić information content (AvgIpc) is 3.24. The Morgan fingerprint density at radius 1 is 1.19 bits per heavy atom. The first-order valence-electron chi connectivity index (χ1n) is 10.1. The second-order valence-corrected chi connectivity index (χ2v) is 7.51. The van der Waals surface area contributed by atoms with Gasteiger partial charge in [0.25, 0.3) is 0 Å². The van der Waals surface area contributed by atoms with Crippen LogP contribution in [0.1, 0.15) is 66.9 Å². The van der Waals surface area contributed by atoms with E-state index in [0.717, 1.165) is 50.7 Å². The molecule has 26 heavy (non-hydrogen) atoms. The van der Waals surface area contributed by atoms with Gasteiger partial charge in [0.05, 0.1) is 11.9 Å². The summed E-state index contributed by atoms with van der Waals surface area (Å²) in [5.74, 6) is 2.65. The maximum absolute atomic E-state index is 5.00. The van der Waals surface area contributed by atoms with E-state index in [4.69, 9.17) is 9.97 Å². The number of rotatable bonds is 5. The van der Waals surface area contributed by atoms with Gasteiger partial charge in [-0.05, 0) is 39.7 Å². The van der Waals surface area contributed by atoms with Gasteiger partial charge in [0.15, 0.2) is 0 Å². The number of hydrogen-bond donors (Lipinski definition) is 2. The zero-order valence-electron chi connectivity index (χ0n) is 16.0. The minimum Gasteiger partial charge on any atom is -0.366 e. The molecule has 0 unspecified atom stereocenters. The fraction of sp³-hybridized carbons (Fsp3) is 0.650. The third kappa shape index (κ3) is 3.47. The molecule has 4 rings (SSSR count). The molecule has 1 fully saturated rings. The maximum atomic E-state index is 5.00. The van der Waals surface area contributed by atoms with Crippen molar-refractivity contribution in [2.45, 2.75) is 71.4 Å². The Bertz CT molecular complexity index is 760. The molecule has 2 aromatic rings. The molecular weight excluding hydrogens is 324 g/mol. The van der Waals surface area contributed by atoms with Gasteiger partial charge in [-0.25, -0.2) is 9.97 Å². The van der Waals surface area contributed by atoms with Gasteiger partial charge in [0.2, 0.25) is 0 Å². The summed E-state index contributed by atoms with van der Waals surface area (Å²) in [6.45, 7) is 7.96. The number of aryl methyl sites for hydroxylation is 1. The number of fused-ring (bicyclic) bond motifs is 1. The van der Waals surface area contributed by atoms with Crippen LogP contribution in [0.15, 0.2) is 6.20 Å². The Kier molecular flexibility index (Phi) is 5.20. The van der Waals surface area contributed by atoms with Crippen molar-refractivity contribution in [1.29, 1.82) is 0 Å². The van der Waals surface area contributed by atoms with E-state index in [9.17, 15) is 0 Å². The van der Waals surface area contributed by atoms with Crippen molar-refractivity contribution in [1.82, 2.24) is 25.1 Å². The van der Waals surface area contributed by atoms with Crippen LogP contribution in [0.25, 0.3) is 0 Å². The average molecular weight is 355 g/mol. The van der Waals surface area contributed by atoms with E-state index in [2.05, 4.69) is 29.6 Å². The maximum Gasteiger partial charge on any atom is 0.134 e. The second kappa shape index (κ2) is 7.74. The fourth-order valence-corrected chi connectivity index (χ4v) is 4.23. The van der Waals surface area contributed by atoms with Crippen molar-refractivity contribution in [3.8, 4) is 0 Å². The summed E-state index contributed by atoms with van der Waals surface area (Å²) in [4.78, 5) is 10.0. The lowest BCUT2D eigenvalue weighted by Gasteiger charge is -2.17. The summed E-state index contributed by atoms with van der Waals surface area (Å²) in [6.07, 6.45) is 9.06. The van der Waals surface area contributed by atoms with E-state index >= 15 is 0 Å². The Hall–Kier alpha value is -1.95. The monoisotopic (exact) mass is 354 g/mol. The molecule has 0 amide bonds. The largest absolute Gasteiger partial charge is 0.366 e. The first kappa shape index (κ1) is 17.5. The summed E-state index contributed by atoms with van der Waals surface area (Å²) < 4.78 is 2.05. The van der Waals surface area contributed by atoms with E-state index in [1.807, 2.05) is 10.9 Å². The first-order valence-corrected chi connectivity index (χ1v) is 10.1. The van der Waals surface area contributed by atoms with Gasteiger partial charge in [-0.3, -0.25) is 4.68 Å². The van der Waals surface area contributed by atoms with Crippen LogP contribution in [0.2, 0.25) is 0 Å². The molecule has 2 aromatic heterocycles. The summed E-state index contributed by atoms with van der Waals surface area (Å²) in [5.41, 5.74) is 5.03. The molecule has 1 saturated carbocycles. The molecule has 0 saturated heterocycles. The number of anilines is 1. The van der Waals surface area contributed by atoms with Gasteiger partial charge in [0, 0.05) is 48.8 Å².